The maximum Gasteiger partial charge on any atom is 0.251 e. The van der Waals surface area contributed by atoms with Crippen molar-refractivity contribution in [1.82, 2.24) is 4.98 Å². The van der Waals surface area contributed by atoms with Gasteiger partial charge in [-0.3, -0.25) is 9.78 Å². The van der Waals surface area contributed by atoms with E-state index >= 15 is 0 Å². The van der Waals surface area contributed by atoms with Crippen molar-refractivity contribution < 1.29 is 38.8 Å². The molecule has 1 aromatic heterocycles. The smallest absolute Gasteiger partial charge is 0.251 e. The first-order valence-corrected chi connectivity index (χ1v) is 12.8. The number of halogens is 2. The van der Waals surface area contributed by atoms with E-state index in [4.69, 9.17) is 5.11 Å². The van der Waals surface area contributed by atoms with Crippen LogP contribution in [0.3, 0.4) is 0 Å². The van der Waals surface area contributed by atoms with Crippen molar-refractivity contribution in [3.63, 3.8) is 0 Å². The molecule has 1 N–H and O–H groups in total. The molecule has 6 heteroatoms. The molecular formula is C35H26F2IrNO2-. The predicted octanol–water partition coefficient (Wildman–Crippen LogP) is 9.65. The van der Waals surface area contributed by atoms with Gasteiger partial charge in [0.25, 0.3) is 6.43 Å². The standard InChI is InChI=1S/C30H18F2N.C5H8O2.Ir/c31-30(32)28-18-23(16-22-8-4-5-9-24(22)28)29-26-13-12-20-10-11-21(19-6-2-1-3-7-19)17-27(20)25(26)14-15-33-29;1-4(6)3-5(2)7;/h1-15,17-18,30H;3,6H,1-2H3;/q-1;;/b;4-3-;. The van der Waals surface area contributed by atoms with Crippen LogP contribution >= 0.6 is 0 Å². The van der Waals surface area contributed by atoms with E-state index in [2.05, 4.69) is 47.4 Å². The summed E-state index contributed by atoms with van der Waals surface area (Å²) >= 11 is 0. The van der Waals surface area contributed by atoms with Crippen LogP contribution in [0.15, 0.2) is 115 Å². The summed E-state index contributed by atoms with van der Waals surface area (Å²) in [5.41, 5.74) is 3.52. The first-order valence-electron chi connectivity index (χ1n) is 12.8. The molecule has 3 nitrogen and oxygen atoms in total. The second-order valence-electron chi connectivity index (χ2n) is 9.50. The molecule has 0 saturated carbocycles. The topological polar surface area (TPSA) is 50.2 Å². The number of benzene rings is 5. The number of pyridine rings is 1. The average Bonchev–Trinajstić information content (AvgIpc) is 2.96. The van der Waals surface area contributed by atoms with Gasteiger partial charge in [-0.05, 0) is 64.2 Å². The molecule has 0 amide bonds. The van der Waals surface area contributed by atoms with Crippen LogP contribution in [0.4, 0.5) is 8.78 Å². The van der Waals surface area contributed by atoms with E-state index in [9.17, 15) is 13.6 Å². The first kappa shape index (κ1) is 29.7. The summed E-state index contributed by atoms with van der Waals surface area (Å²) in [6.07, 6.45) is 0.338. The Hall–Kier alpha value is -4.25. The minimum atomic E-state index is -2.58. The fourth-order valence-electron chi connectivity index (χ4n) is 4.87. The molecule has 41 heavy (non-hydrogen) atoms. The van der Waals surface area contributed by atoms with Crippen molar-refractivity contribution in [2.45, 2.75) is 20.3 Å². The molecule has 0 fully saturated rings. The minimum Gasteiger partial charge on any atom is -0.512 e. The fraction of sp³-hybridized carbons (Fsp3) is 0.0857. The van der Waals surface area contributed by atoms with Gasteiger partial charge in [0.05, 0.1) is 5.76 Å². The van der Waals surface area contributed by atoms with E-state index in [-0.39, 0.29) is 37.2 Å². The summed E-state index contributed by atoms with van der Waals surface area (Å²) < 4.78 is 27.8. The Kier molecular flexibility index (Phi) is 9.38. The molecular weight excluding hydrogens is 697 g/mol. The molecule has 0 atom stereocenters. The van der Waals surface area contributed by atoms with Gasteiger partial charge in [0.1, 0.15) is 0 Å². The van der Waals surface area contributed by atoms with Crippen molar-refractivity contribution in [1.29, 1.82) is 0 Å². The molecule has 0 saturated heterocycles. The van der Waals surface area contributed by atoms with E-state index < -0.39 is 6.43 Å². The van der Waals surface area contributed by atoms with Crippen molar-refractivity contribution in [2.75, 3.05) is 0 Å². The third-order valence-corrected chi connectivity index (χ3v) is 6.58. The van der Waals surface area contributed by atoms with Gasteiger partial charge in [-0.25, -0.2) is 8.78 Å². The Morgan fingerprint density at radius 3 is 2.20 bits per heavy atom. The van der Waals surface area contributed by atoms with Gasteiger partial charge < -0.3 is 5.11 Å². The maximum atomic E-state index is 13.9. The van der Waals surface area contributed by atoms with Gasteiger partial charge in [-0.2, -0.15) is 0 Å². The molecule has 0 bridgehead atoms. The zero-order valence-corrected chi connectivity index (χ0v) is 24.8. The minimum absolute atomic E-state index is 0. The van der Waals surface area contributed by atoms with Crippen LogP contribution in [0.5, 0.6) is 0 Å². The maximum absolute atomic E-state index is 13.9. The van der Waals surface area contributed by atoms with E-state index in [1.54, 1.807) is 18.3 Å². The van der Waals surface area contributed by atoms with Crippen LogP contribution in [0.25, 0.3) is 54.7 Å². The summed E-state index contributed by atoms with van der Waals surface area (Å²) in [6.45, 7) is 2.85. The number of allylic oxidation sites excluding steroid dienone is 2. The van der Waals surface area contributed by atoms with Gasteiger partial charge in [-0.15, -0.1) is 23.6 Å². The monoisotopic (exact) mass is 723 g/mol. The number of carbonyl (C=O) groups excluding carboxylic acids is 1. The van der Waals surface area contributed by atoms with Crippen LogP contribution in [0, 0.1) is 6.07 Å². The molecule has 0 aliphatic rings. The van der Waals surface area contributed by atoms with Crippen LogP contribution in [0.1, 0.15) is 25.8 Å². The predicted molar refractivity (Wildman–Crippen MR) is 158 cm³/mol. The number of aliphatic hydroxyl groups is 1. The van der Waals surface area contributed by atoms with E-state index in [1.807, 2.05) is 42.5 Å². The molecule has 0 aliphatic heterocycles. The fourth-order valence-corrected chi connectivity index (χ4v) is 4.87. The van der Waals surface area contributed by atoms with E-state index in [1.165, 1.54) is 26.0 Å². The number of aliphatic hydroxyl groups excluding tert-OH is 1. The van der Waals surface area contributed by atoms with Gasteiger partial charge >= 0.3 is 0 Å². The number of hydrogen-bond donors (Lipinski definition) is 1. The van der Waals surface area contributed by atoms with Crippen molar-refractivity contribution >= 4 is 38.1 Å². The Labute approximate surface area is 250 Å². The van der Waals surface area contributed by atoms with Crippen molar-refractivity contribution in [3.05, 3.63) is 127 Å². The van der Waals surface area contributed by atoms with E-state index in [0.717, 1.165) is 32.7 Å². The number of hydrogen-bond acceptors (Lipinski definition) is 3. The normalized spacial score (nSPS) is 11.3. The number of nitrogens with zero attached hydrogens (tertiary/aromatic N) is 1. The Balaban J connectivity index is 0.000000434. The second kappa shape index (κ2) is 12.9. The third kappa shape index (κ3) is 6.57. The number of fused-ring (bicyclic) bond motifs is 4. The van der Waals surface area contributed by atoms with Crippen molar-refractivity contribution in [3.8, 4) is 22.4 Å². The molecule has 0 unspecified atom stereocenters. The number of alkyl halides is 2. The van der Waals surface area contributed by atoms with Gasteiger partial charge in [0, 0.05) is 38.1 Å². The zero-order valence-electron chi connectivity index (χ0n) is 22.4. The summed E-state index contributed by atoms with van der Waals surface area (Å²) in [7, 11) is 0. The van der Waals surface area contributed by atoms with Crippen LogP contribution in [-0.4, -0.2) is 15.9 Å². The largest absolute Gasteiger partial charge is 0.512 e. The van der Waals surface area contributed by atoms with Crippen LogP contribution in [0.2, 0.25) is 0 Å². The quantitative estimate of drug-likeness (QED) is 0.0854. The molecule has 6 aromatic rings. The summed E-state index contributed by atoms with van der Waals surface area (Å²) in [6, 6.07) is 34.7. The number of aromatic nitrogens is 1. The number of rotatable bonds is 4. The Morgan fingerprint density at radius 2 is 1.51 bits per heavy atom. The zero-order chi connectivity index (χ0) is 28.2. The summed E-state index contributed by atoms with van der Waals surface area (Å²) in [5, 5.41) is 13.7. The van der Waals surface area contributed by atoms with E-state index in [0.29, 0.717) is 22.0 Å². The molecule has 207 valence electrons. The number of ketones is 1. The molecule has 1 heterocycles. The average molecular weight is 723 g/mol. The summed E-state index contributed by atoms with van der Waals surface area (Å²) in [4.78, 5) is 14.6. The van der Waals surface area contributed by atoms with Crippen LogP contribution in [-0.2, 0) is 24.9 Å². The van der Waals surface area contributed by atoms with Gasteiger partial charge in [0.15, 0.2) is 5.78 Å². The molecule has 0 aliphatic carbocycles. The van der Waals surface area contributed by atoms with Crippen molar-refractivity contribution in [2.24, 2.45) is 0 Å². The van der Waals surface area contributed by atoms with Gasteiger partial charge in [0.2, 0.25) is 0 Å². The second-order valence-corrected chi connectivity index (χ2v) is 9.50. The summed E-state index contributed by atoms with van der Waals surface area (Å²) in [5.74, 6) is -0.0625. The Bertz CT molecular complexity index is 1880. The molecule has 0 spiro atoms. The third-order valence-electron chi connectivity index (χ3n) is 6.58. The molecule has 1 radical (unpaired) electrons. The SMILES string of the molecule is CC(=O)/C=C(/C)O.FC(F)c1cc(-c2nccc3c2ccc2ccc(-c4ccccc4)cc23)[c-]c2ccccc12.[Ir]. The first-order chi connectivity index (χ1) is 19.3. The van der Waals surface area contributed by atoms with Crippen LogP contribution < -0.4 is 0 Å². The van der Waals surface area contributed by atoms with Gasteiger partial charge in [-0.1, -0.05) is 83.7 Å². The molecule has 6 rings (SSSR count). The molecule has 5 aromatic carbocycles. The Morgan fingerprint density at radius 1 is 0.805 bits per heavy atom. The number of carbonyl (C=O) groups is 1.